The summed E-state index contributed by atoms with van der Waals surface area (Å²) in [4.78, 5) is 30.5. The third-order valence-corrected chi connectivity index (χ3v) is 6.37. The zero-order chi connectivity index (χ0) is 24.9. The van der Waals surface area contributed by atoms with Crippen molar-refractivity contribution >= 4 is 17.5 Å². The van der Waals surface area contributed by atoms with Gasteiger partial charge in [0.1, 0.15) is 24.1 Å². The maximum Gasteiger partial charge on any atom is 0.260 e. The molecular formula is C29H29N3O4. The minimum Gasteiger partial charge on any atom is -0.484 e. The molecule has 0 fully saturated rings. The van der Waals surface area contributed by atoms with Crippen LogP contribution in [-0.4, -0.2) is 41.0 Å². The molecule has 0 N–H and O–H groups in total. The Balaban J connectivity index is 1.43. The van der Waals surface area contributed by atoms with Gasteiger partial charge in [0, 0.05) is 12.7 Å². The molecule has 184 valence electrons. The van der Waals surface area contributed by atoms with Crippen LogP contribution < -0.4 is 9.64 Å². The number of para-hydroxylation sites is 3. The molecule has 0 saturated carbocycles. The number of furan rings is 1. The number of ether oxygens (including phenoxy) is 1. The molecule has 4 aromatic rings. The lowest BCUT2D eigenvalue weighted by Gasteiger charge is -2.38. The van der Waals surface area contributed by atoms with E-state index in [-0.39, 0.29) is 25.0 Å². The molecule has 2 amide bonds. The number of unbranched alkanes of at least 4 members (excludes halogenated alkanes) is 1. The Morgan fingerprint density at radius 2 is 1.72 bits per heavy atom. The van der Waals surface area contributed by atoms with Crippen molar-refractivity contribution in [3.05, 3.63) is 103 Å². The number of hydrogen-bond donors (Lipinski definition) is 0. The van der Waals surface area contributed by atoms with E-state index in [2.05, 4.69) is 11.5 Å². The predicted octanol–water partition coefficient (Wildman–Crippen LogP) is 5.21. The van der Waals surface area contributed by atoms with Gasteiger partial charge in [0.25, 0.3) is 5.91 Å². The highest BCUT2D eigenvalue weighted by atomic mass is 16.5. The van der Waals surface area contributed by atoms with Gasteiger partial charge in [-0.05, 0) is 55.0 Å². The zero-order valence-corrected chi connectivity index (χ0v) is 20.2. The molecule has 1 aliphatic heterocycles. The fourth-order valence-electron chi connectivity index (χ4n) is 4.61. The highest BCUT2D eigenvalue weighted by molar-refractivity contribution is 6.00. The van der Waals surface area contributed by atoms with Gasteiger partial charge < -0.3 is 18.6 Å². The molecule has 7 heteroatoms. The number of fused-ring (bicyclic) bond motifs is 3. The van der Waals surface area contributed by atoms with Gasteiger partial charge >= 0.3 is 0 Å². The maximum absolute atomic E-state index is 14.0. The monoisotopic (exact) mass is 483 g/mol. The lowest BCUT2D eigenvalue weighted by molar-refractivity contribution is -0.137. The van der Waals surface area contributed by atoms with Gasteiger partial charge in [-0.15, -0.1) is 0 Å². The molecule has 1 aliphatic rings. The highest BCUT2D eigenvalue weighted by Crippen LogP contribution is 2.42. The van der Waals surface area contributed by atoms with Crippen LogP contribution in [0.1, 0.15) is 37.3 Å². The molecule has 1 atom stereocenters. The van der Waals surface area contributed by atoms with Crippen LogP contribution in [0.2, 0.25) is 0 Å². The lowest BCUT2D eigenvalue weighted by atomic mass is 10.0. The van der Waals surface area contributed by atoms with E-state index in [4.69, 9.17) is 9.15 Å². The van der Waals surface area contributed by atoms with Gasteiger partial charge in [0.15, 0.2) is 6.61 Å². The van der Waals surface area contributed by atoms with Gasteiger partial charge in [-0.1, -0.05) is 43.7 Å². The molecule has 5 rings (SSSR count). The van der Waals surface area contributed by atoms with Gasteiger partial charge in [0.2, 0.25) is 5.91 Å². The molecule has 0 radical (unpaired) electrons. The molecule has 36 heavy (non-hydrogen) atoms. The first-order valence-electron chi connectivity index (χ1n) is 12.2. The number of carbonyl (C=O) groups excluding carboxylic acids is 2. The molecule has 1 unspecified atom stereocenters. The van der Waals surface area contributed by atoms with Gasteiger partial charge in [-0.2, -0.15) is 0 Å². The highest BCUT2D eigenvalue weighted by Gasteiger charge is 2.38. The standard InChI is InChI=1S/C29H29N3O4/c1-2-3-17-30(28(34)21-36-22-11-5-4-6-12-22)20-27(33)32-24-14-8-7-13-23(24)31-18-9-15-25(31)29(32)26-16-10-19-35-26/h4-16,18-19,29H,2-3,17,20-21H2,1H3. The van der Waals surface area contributed by atoms with Gasteiger partial charge in [-0.3, -0.25) is 14.5 Å². The minimum atomic E-state index is -0.443. The number of carbonyl (C=O) groups is 2. The number of rotatable bonds is 9. The van der Waals surface area contributed by atoms with Gasteiger partial charge in [0.05, 0.1) is 23.3 Å². The van der Waals surface area contributed by atoms with Crippen LogP contribution in [0.15, 0.2) is 95.7 Å². The third-order valence-electron chi connectivity index (χ3n) is 6.37. The number of benzene rings is 2. The first-order chi connectivity index (χ1) is 17.7. The van der Waals surface area contributed by atoms with E-state index in [1.807, 2.05) is 85.1 Å². The van der Waals surface area contributed by atoms with Crippen molar-refractivity contribution < 1.29 is 18.7 Å². The molecule has 0 bridgehead atoms. The van der Waals surface area contributed by atoms with E-state index < -0.39 is 6.04 Å². The Morgan fingerprint density at radius 1 is 0.944 bits per heavy atom. The number of hydrogen-bond acceptors (Lipinski definition) is 4. The summed E-state index contributed by atoms with van der Waals surface area (Å²) in [5, 5.41) is 0. The summed E-state index contributed by atoms with van der Waals surface area (Å²) >= 11 is 0. The lowest BCUT2D eigenvalue weighted by Crippen LogP contribution is -2.47. The summed E-state index contributed by atoms with van der Waals surface area (Å²) in [5.74, 6) is 0.886. The predicted molar refractivity (Wildman–Crippen MR) is 137 cm³/mol. The van der Waals surface area contributed by atoms with Crippen LogP contribution in [0.5, 0.6) is 5.75 Å². The Bertz CT molecular complexity index is 1310. The first-order valence-corrected chi connectivity index (χ1v) is 12.2. The molecule has 0 aliphatic carbocycles. The SMILES string of the molecule is CCCCN(CC(=O)N1c2ccccc2-n2cccc2C1c1ccco1)C(=O)COc1ccccc1. The molecule has 0 spiro atoms. The van der Waals surface area contributed by atoms with Crippen molar-refractivity contribution in [1.82, 2.24) is 9.47 Å². The molecular weight excluding hydrogens is 454 g/mol. The van der Waals surface area contributed by atoms with E-state index in [9.17, 15) is 9.59 Å². The van der Waals surface area contributed by atoms with Crippen LogP contribution in [0, 0.1) is 0 Å². The van der Waals surface area contributed by atoms with Crippen molar-refractivity contribution in [2.24, 2.45) is 0 Å². The van der Waals surface area contributed by atoms with E-state index in [0.717, 1.165) is 29.9 Å². The van der Waals surface area contributed by atoms with Crippen molar-refractivity contribution in [3.8, 4) is 11.4 Å². The van der Waals surface area contributed by atoms with Crippen LogP contribution >= 0.6 is 0 Å². The average Bonchev–Trinajstić information content (AvgIpc) is 3.62. The van der Waals surface area contributed by atoms with Crippen LogP contribution in [-0.2, 0) is 9.59 Å². The average molecular weight is 484 g/mol. The minimum absolute atomic E-state index is 0.0523. The van der Waals surface area contributed by atoms with Crippen molar-refractivity contribution in [2.45, 2.75) is 25.8 Å². The number of aromatic nitrogens is 1. The van der Waals surface area contributed by atoms with Gasteiger partial charge in [-0.25, -0.2) is 0 Å². The normalized spacial score (nSPS) is 14.1. The zero-order valence-electron chi connectivity index (χ0n) is 20.2. The fraction of sp³-hybridized carbons (Fsp3) is 0.241. The van der Waals surface area contributed by atoms with E-state index in [1.54, 1.807) is 16.1 Å². The molecule has 3 heterocycles. The second kappa shape index (κ2) is 10.6. The molecule has 2 aromatic heterocycles. The summed E-state index contributed by atoms with van der Waals surface area (Å²) in [7, 11) is 0. The summed E-state index contributed by atoms with van der Waals surface area (Å²) in [6.45, 7) is 2.37. The second-order valence-electron chi connectivity index (χ2n) is 8.74. The van der Waals surface area contributed by atoms with E-state index in [1.165, 1.54) is 0 Å². The number of anilines is 1. The van der Waals surface area contributed by atoms with Crippen molar-refractivity contribution in [3.63, 3.8) is 0 Å². The Labute approximate surface area is 210 Å². The Morgan fingerprint density at radius 3 is 2.47 bits per heavy atom. The smallest absolute Gasteiger partial charge is 0.260 e. The van der Waals surface area contributed by atoms with E-state index in [0.29, 0.717) is 18.1 Å². The van der Waals surface area contributed by atoms with E-state index >= 15 is 0 Å². The fourth-order valence-corrected chi connectivity index (χ4v) is 4.61. The molecule has 2 aromatic carbocycles. The second-order valence-corrected chi connectivity index (χ2v) is 8.74. The topological polar surface area (TPSA) is 67.9 Å². The van der Waals surface area contributed by atoms with Crippen molar-refractivity contribution in [2.75, 3.05) is 24.6 Å². The summed E-state index contributed by atoms with van der Waals surface area (Å²) in [6.07, 6.45) is 5.31. The number of nitrogens with zero attached hydrogens (tertiary/aromatic N) is 3. The first kappa shape index (κ1) is 23.5. The molecule has 7 nitrogen and oxygen atoms in total. The number of amides is 2. The van der Waals surface area contributed by atoms with Crippen LogP contribution in [0.25, 0.3) is 5.69 Å². The van der Waals surface area contributed by atoms with Crippen molar-refractivity contribution in [1.29, 1.82) is 0 Å². The quantitative estimate of drug-likeness (QED) is 0.328. The largest absolute Gasteiger partial charge is 0.484 e. The summed E-state index contributed by atoms with van der Waals surface area (Å²) in [5.41, 5.74) is 2.61. The Kier molecular flexibility index (Phi) is 6.89. The maximum atomic E-state index is 14.0. The van der Waals surface area contributed by atoms with Crippen LogP contribution in [0.4, 0.5) is 5.69 Å². The summed E-state index contributed by atoms with van der Waals surface area (Å²) < 4.78 is 13.6. The summed E-state index contributed by atoms with van der Waals surface area (Å²) in [6, 6.07) is 24.2. The van der Waals surface area contributed by atoms with Crippen LogP contribution in [0.3, 0.4) is 0 Å². The Hall–Kier alpha value is -4.26. The third kappa shape index (κ3) is 4.64. The molecule has 0 saturated heterocycles.